The largest absolute Gasteiger partial charge is 0.377 e. The van der Waals surface area contributed by atoms with Crippen LogP contribution in [0.3, 0.4) is 0 Å². The second-order valence-electron chi connectivity index (χ2n) is 4.30. The Morgan fingerprint density at radius 3 is 2.44 bits per heavy atom. The summed E-state index contributed by atoms with van der Waals surface area (Å²) < 4.78 is 18.0. The molecule has 0 aromatic heterocycles. The Kier molecular flexibility index (Phi) is 2.17. The monoisotopic (exact) mass is 221 g/mol. The molecular formula is C12H12FNO2. The van der Waals surface area contributed by atoms with Crippen LogP contribution in [0, 0.1) is 5.82 Å². The van der Waals surface area contributed by atoms with E-state index >= 15 is 0 Å². The van der Waals surface area contributed by atoms with Gasteiger partial charge < -0.3 is 9.64 Å². The Hall–Kier alpha value is -1.42. The van der Waals surface area contributed by atoms with Gasteiger partial charge in [0.15, 0.2) is 0 Å². The third-order valence-corrected chi connectivity index (χ3v) is 3.28. The normalized spacial score (nSPS) is 27.4. The molecule has 84 valence electrons. The first-order valence-corrected chi connectivity index (χ1v) is 5.41. The summed E-state index contributed by atoms with van der Waals surface area (Å²) in [6.45, 7) is 1.26. The Labute approximate surface area is 92.8 Å². The van der Waals surface area contributed by atoms with E-state index in [0.29, 0.717) is 18.8 Å². The van der Waals surface area contributed by atoms with E-state index in [4.69, 9.17) is 4.74 Å². The third kappa shape index (κ3) is 1.41. The molecule has 2 atom stereocenters. The van der Waals surface area contributed by atoms with Crippen molar-refractivity contribution in [1.29, 1.82) is 0 Å². The number of carbonyl (C=O) groups excluding carboxylic acids is 1. The van der Waals surface area contributed by atoms with Crippen molar-refractivity contribution in [3.63, 3.8) is 0 Å². The second-order valence-corrected chi connectivity index (χ2v) is 4.30. The zero-order chi connectivity index (χ0) is 11.1. The maximum Gasteiger partial charge on any atom is 0.254 e. The maximum absolute atomic E-state index is 12.7. The fourth-order valence-corrected chi connectivity index (χ4v) is 2.41. The quantitative estimate of drug-likeness (QED) is 0.718. The van der Waals surface area contributed by atoms with E-state index in [1.165, 1.54) is 24.3 Å². The highest BCUT2D eigenvalue weighted by Gasteiger charge is 2.45. The summed E-state index contributed by atoms with van der Waals surface area (Å²) in [5.74, 6) is -0.326. The van der Waals surface area contributed by atoms with Crippen LogP contribution in [0.15, 0.2) is 24.3 Å². The first-order valence-electron chi connectivity index (χ1n) is 5.41. The Morgan fingerprint density at radius 2 is 1.88 bits per heavy atom. The number of amides is 1. The van der Waals surface area contributed by atoms with Crippen LogP contribution in [-0.2, 0) is 4.74 Å². The van der Waals surface area contributed by atoms with Gasteiger partial charge in [-0.2, -0.15) is 0 Å². The molecule has 2 fully saturated rings. The molecule has 2 aliphatic heterocycles. The number of ether oxygens (including phenoxy) is 1. The van der Waals surface area contributed by atoms with Crippen molar-refractivity contribution in [1.82, 2.24) is 4.90 Å². The van der Waals surface area contributed by atoms with Crippen LogP contribution in [0.1, 0.15) is 16.8 Å². The Morgan fingerprint density at radius 1 is 1.25 bits per heavy atom. The average molecular weight is 221 g/mol. The van der Waals surface area contributed by atoms with Crippen LogP contribution in [0.2, 0.25) is 0 Å². The standard InChI is InChI=1S/C12H12FNO2/c13-9-3-1-8(2-4-9)12(15)14-10-5-11(14)7-16-6-10/h1-4,10-11H,5-7H2/t10-,11-/m1/s1. The van der Waals surface area contributed by atoms with Gasteiger partial charge in [-0.25, -0.2) is 4.39 Å². The van der Waals surface area contributed by atoms with Gasteiger partial charge in [-0.05, 0) is 30.7 Å². The van der Waals surface area contributed by atoms with Gasteiger partial charge in [-0.3, -0.25) is 4.79 Å². The molecule has 16 heavy (non-hydrogen) atoms. The molecule has 0 aliphatic carbocycles. The molecule has 0 radical (unpaired) electrons. The summed E-state index contributed by atoms with van der Waals surface area (Å²) in [5, 5.41) is 0. The molecule has 0 spiro atoms. The minimum atomic E-state index is -0.316. The van der Waals surface area contributed by atoms with Gasteiger partial charge >= 0.3 is 0 Å². The number of fused-ring (bicyclic) bond motifs is 2. The smallest absolute Gasteiger partial charge is 0.254 e. The van der Waals surface area contributed by atoms with Crippen molar-refractivity contribution in [2.75, 3.05) is 13.2 Å². The molecule has 2 aliphatic rings. The number of rotatable bonds is 1. The van der Waals surface area contributed by atoms with E-state index in [1.54, 1.807) is 0 Å². The lowest BCUT2D eigenvalue weighted by molar-refractivity contribution is -0.104. The second kappa shape index (κ2) is 3.56. The first-order chi connectivity index (χ1) is 7.75. The maximum atomic E-state index is 12.7. The zero-order valence-corrected chi connectivity index (χ0v) is 8.73. The number of morpholine rings is 1. The van der Waals surface area contributed by atoms with Crippen LogP contribution in [0.25, 0.3) is 0 Å². The molecule has 0 unspecified atom stereocenters. The molecule has 1 aromatic rings. The Bertz CT molecular complexity index is 404. The van der Waals surface area contributed by atoms with Crippen molar-refractivity contribution in [2.24, 2.45) is 0 Å². The van der Waals surface area contributed by atoms with E-state index in [2.05, 4.69) is 0 Å². The molecule has 3 rings (SSSR count). The third-order valence-electron chi connectivity index (χ3n) is 3.28. The van der Waals surface area contributed by atoms with E-state index in [9.17, 15) is 9.18 Å². The number of nitrogens with zero attached hydrogens (tertiary/aromatic N) is 1. The lowest BCUT2D eigenvalue weighted by Crippen LogP contribution is -2.65. The summed E-state index contributed by atoms with van der Waals surface area (Å²) in [5.41, 5.74) is 0.554. The summed E-state index contributed by atoms with van der Waals surface area (Å²) in [4.78, 5) is 14.0. The lowest BCUT2D eigenvalue weighted by Gasteiger charge is -2.52. The zero-order valence-electron chi connectivity index (χ0n) is 8.73. The van der Waals surface area contributed by atoms with Gasteiger partial charge in [-0.15, -0.1) is 0 Å². The molecule has 1 aromatic carbocycles. The van der Waals surface area contributed by atoms with Crippen molar-refractivity contribution in [3.05, 3.63) is 35.6 Å². The number of hydrogen-bond donors (Lipinski definition) is 0. The molecule has 0 saturated carbocycles. The van der Waals surface area contributed by atoms with Gasteiger partial charge in [-0.1, -0.05) is 0 Å². The summed E-state index contributed by atoms with van der Waals surface area (Å²) in [6.07, 6.45) is 1.03. The molecule has 1 amide bonds. The van der Waals surface area contributed by atoms with E-state index in [1.807, 2.05) is 4.90 Å². The van der Waals surface area contributed by atoms with Crippen molar-refractivity contribution < 1.29 is 13.9 Å². The fourth-order valence-electron chi connectivity index (χ4n) is 2.41. The average Bonchev–Trinajstić information content (AvgIpc) is 2.30. The summed E-state index contributed by atoms with van der Waals surface area (Å²) >= 11 is 0. The van der Waals surface area contributed by atoms with Crippen LogP contribution in [-0.4, -0.2) is 36.1 Å². The predicted octanol–water partition coefficient (Wildman–Crippen LogP) is 1.44. The number of halogens is 1. The molecule has 2 bridgehead atoms. The number of carbonyl (C=O) groups is 1. The van der Waals surface area contributed by atoms with Crippen molar-refractivity contribution in [3.8, 4) is 0 Å². The molecule has 4 heteroatoms. The van der Waals surface area contributed by atoms with E-state index < -0.39 is 0 Å². The fraction of sp³-hybridized carbons (Fsp3) is 0.417. The van der Waals surface area contributed by atoms with Gasteiger partial charge in [0.05, 0.1) is 25.3 Å². The molecule has 3 nitrogen and oxygen atoms in total. The SMILES string of the molecule is O=C(c1ccc(F)cc1)N1[C@H]2COC[C@H]1C2. The van der Waals surface area contributed by atoms with E-state index in [-0.39, 0.29) is 23.8 Å². The highest BCUT2D eigenvalue weighted by Crippen LogP contribution is 2.32. The number of hydrogen-bond acceptors (Lipinski definition) is 2. The van der Waals surface area contributed by atoms with Gasteiger partial charge in [0.2, 0.25) is 0 Å². The Balaban J connectivity index is 1.80. The lowest BCUT2D eigenvalue weighted by atomic mass is 9.90. The van der Waals surface area contributed by atoms with Gasteiger partial charge in [0.25, 0.3) is 5.91 Å². The summed E-state index contributed by atoms with van der Waals surface area (Å²) in [7, 11) is 0. The number of benzene rings is 1. The molecular weight excluding hydrogens is 209 g/mol. The molecule has 0 N–H and O–H groups in total. The van der Waals surface area contributed by atoms with Crippen molar-refractivity contribution >= 4 is 5.91 Å². The summed E-state index contributed by atoms with van der Waals surface area (Å²) in [6, 6.07) is 6.14. The predicted molar refractivity (Wildman–Crippen MR) is 55.6 cm³/mol. The topological polar surface area (TPSA) is 29.5 Å². The van der Waals surface area contributed by atoms with Crippen LogP contribution in [0.5, 0.6) is 0 Å². The van der Waals surface area contributed by atoms with Gasteiger partial charge in [0.1, 0.15) is 5.82 Å². The van der Waals surface area contributed by atoms with E-state index in [0.717, 1.165) is 6.42 Å². The first kappa shape index (κ1) is 9.78. The van der Waals surface area contributed by atoms with Crippen LogP contribution >= 0.6 is 0 Å². The van der Waals surface area contributed by atoms with Crippen LogP contribution < -0.4 is 0 Å². The minimum absolute atomic E-state index is 0.00968. The van der Waals surface area contributed by atoms with Crippen molar-refractivity contribution in [2.45, 2.75) is 18.5 Å². The van der Waals surface area contributed by atoms with Gasteiger partial charge in [0, 0.05) is 5.56 Å². The minimum Gasteiger partial charge on any atom is -0.377 e. The highest BCUT2D eigenvalue weighted by molar-refractivity contribution is 5.95. The van der Waals surface area contributed by atoms with Crippen LogP contribution in [0.4, 0.5) is 4.39 Å². The molecule has 2 heterocycles. The molecule has 2 saturated heterocycles. The highest BCUT2D eigenvalue weighted by atomic mass is 19.1.